The average Bonchev–Trinajstić information content (AvgIpc) is 2.29. The van der Waals surface area contributed by atoms with Crippen molar-refractivity contribution in [1.82, 2.24) is 4.90 Å². The Labute approximate surface area is 111 Å². The van der Waals surface area contributed by atoms with Gasteiger partial charge in [0.25, 0.3) is 0 Å². The Morgan fingerprint density at radius 1 is 1.47 bits per heavy atom. The number of hydrogen-bond donors (Lipinski definition) is 1. The third kappa shape index (κ3) is 3.36. The fourth-order valence-electron chi connectivity index (χ4n) is 2.30. The Morgan fingerprint density at radius 2 is 2.29 bits per heavy atom. The number of likely N-dealkylation sites (N-methyl/N-ethyl adjacent to an activating group) is 1. The van der Waals surface area contributed by atoms with Crippen molar-refractivity contribution in [3.8, 4) is 5.75 Å². The van der Waals surface area contributed by atoms with Gasteiger partial charge in [0.2, 0.25) is 0 Å². The standard InChI is InChI=1S/C13H19BrN2O/c1-16-7-3-4-11(9-16)15-12-8-10(14)5-6-13(12)17-2/h5-6,8,11,15H,3-4,7,9H2,1-2H3. The minimum absolute atomic E-state index is 0.511. The number of hydrogen-bond acceptors (Lipinski definition) is 3. The van der Waals surface area contributed by atoms with Crippen LogP contribution >= 0.6 is 15.9 Å². The molecule has 0 aromatic heterocycles. The van der Waals surface area contributed by atoms with E-state index in [-0.39, 0.29) is 0 Å². The lowest BCUT2D eigenvalue weighted by Gasteiger charge is -2.31. The van der Waals surface area contributed by atoms with E-state index in [2.05, 4.69) is 39.3 Å². The van der Waals surface area contributed by atoms with Gasteiger partial charge >= 0.3 is 0 Å². The average molecular weight is 299 g/mol. The summed E-state index contributed by atoms with van der Waals surface area (Å²) in [5, 5.41) is 3.57. The van der Waals surface area contributed by atoms with Gasteiger partial charge in [-0.25, -0.2) is 0 Å². The highest BCUT2D eigenvalue weighted by molar-refractivity contribution is 9.10. The maximum Gasteiger partial charge on any atom is 0.142 e. The molecule has 94 valence electrons. The second-order valence-corrected chi connectivity index (χ2v) is 5.51. The van der Waals surface area contributed by atoms with E-state index in [9.17, 15) is 0 Å². The molecular weight excluding hydrogens is 280 g/mol. The molecule has 1 aromatic carbocycles. The quantitative estimate of drug-likeness (QED) is 0.928. The number of piperidine rings is 1. The molecule has 1 fully saturated rings. The molecule has 17 heavy (non-hydrogen) atoms. The molecule has 1 aromatic rings. The highest BCUT2D eigenvalue weighted by atomic mass is 79.9. The number of nitrogens with zero attached hydrogens (tertiary/aromatic N) is 1. The number of ether oxygens (including phenoxy) is 1. The Bertz CT molecular complexity index is 384. The van der Waals surface area contributed by atoms with Gasteiger partial charge in [-0.1, -0.05) is 15.9 Å². The zero-order valence-corrected chi connectivity index (χ0v) is 12.0. The van der Waals surface area contributed by atoms with Crippen LogP contribution in [0.15, 0.2) is 22.7 Å². The maximum absolute atomic E-state index is 5.37. The molecule has 2 rings (SSSR count). The second kappa shape index (κ2) is 5.74. The van der Waals surface area contributed by atoms with Gasteiger partial charge in [0, 0.05) is 17.1 Å². The zero-order chi connectivity index (χ0) is 12.3. The molecule has 0 aliphatic carbocycles. The zero-order valence-electron chi connectivity index (χ0n) is 10.4. The topological polar surface area (TPSA) is 24.5 Å². The number of methoxy groups -OCH3 is 1. The summed E-state index contributed by atoms with van der Waals surface area (Å²) in [5.74, 6) is 0.904. The predicted molar refractivity (Wildman–Crippen MR) is 74.8 cm³/mol. The van der Waals surface area contributed by atoms with E-state index in [1.807, 2.05) is 12.1 Å². The van der Waals surface area contributed by atoms with Crippen LogP contribution in [0.3, 0.4) is 0 Å². The second-order valence-electron chi connectivity index (χ2n) is 4.59. The minimum Gasteiger partial charge on any atom is -0.495 e. The van der Waals surface area contributed by atoms with E-state index in [1.54, 1.807) is 7.11 Å². The van der Waals surface area contributed by atoms with Gasteiger partial charge in [0.05, 0.1) is 12.8 Å². The first kappa shape index (κ1) is 12.7. The molecule has 1 atom stereocenters. The first-order valence-corrected chi connectivity index (χ1v) is 6.77. The molecule has 0 bridgehead atoms. The summed E-state index contributed by atoms with van der Waals surface area (Å²) >= 11 is 3.50. The van der Waals surface area contributed by atoms with E-state index < -0.39 is 0 Å². The molecule has 4 heteroatoms. The third-order valence-corrected chi connectivity index (χ3v) is 3.64. The number of rotatable bonds is 3. The van der Waals surface area contributed by atoms with Crippen molar-refractivity contribution in [2.75, 3.05) is 32.6 Å². The lowest BCUT2D eigenvalue weighted by Crippen LogP contribution is -2.39. The molecule has 1 heterocycles. The molecule has 1 saturated heterocycles. The summed E-state index contributed by atoms with van der Waals surface area (Å²) < 4.78 is 6.45. The fraction of sp³-hybridized carbons (Fsp3) is 0.538. The Hall–Kier alpha value is -0.740. The normalized spacial score (nSPS) is 21.2. The minimum atomic E-state index is 0.511. The SMILES string of the molecule is COc1ccc(Br)cc1NC1CCCN(C)C1. The lowest BCUT2D eigenvalue weighted by atomic mass is 10.1. The van der Waals surface area contributed by atoms with Gasteiger partial charge < -0.3 is 15.0 Å². The van der Waals surface area contributed by atoms with Gasteiger partial charge in [0.1, 0.15) is 5.75 Å². The highest BCUT2D eigenvalue weighted by Crippen LogP contribution is 2.29. The number of nitrogens with one attached hydrogen (secondary N) is 1. The van der Waals surface area contributed by atoms with Crippen LogP contribution < -0.4 is 10.1 Å². The molecule has 1 aliphatic heterocycles. The third-order valence-electron chi connectivity index (χ3n) is 3.15. The summed E-state index contributed by atoms with van der Waals surface area (Å²) in [5.41, 5.74) is 1.07. The number of anilines is 1. The fourth-order valence-corrected chi connectivity index (χ4v) is 2.66. The van der Waals surface area contributed by atoms with E-state index in [0.29, 0.717) is 6.04 Å². The van der Waals surface area contributed by atoms with E-state index >= 15 is 0 Å². The number of benzene rings is 1. The highest BCUT2D eigenvalue weighted by Gasteiger charge is 2.18. The summed E-state index contributed by atoms with van der Waals surface area (Å²) in [4.78, 5) is 2.37. The van der Waals surface area contributed by atoms with Gasteiger partial charge in [-0.3, -0.25) is 0 Å². The number of likely N-dealkylation sites (tertiary alicyclic amines) is 1. The van der Waals surface area contributed by atoms with Crippen molar-refractivity contribution in [2.24, 2.45) is 0 Å². The molecule has 0 saturated carbocycles. The van der Waals surface area contributed by atoms with Crippen LogP contribution in [0.4, 0.5) is 5.69 Å². The van der Waals surface area contributed by atoms with Crippen LogP contribution in [0.5, 0.6) is 5.75 Å². The van der Waals surface area contributed by atoms with Crippen LogP contribution in [0.1, 0.15) is 12.8 Å². The van der Waals surface area contributed by atoms with E-state index in [4.69, 9.17) is 4.74 Å². The Morgan fingerprint density at radius 3 is 3.00 bits per heavy atom. The Kier molecular flexibility index (Phi) is 4.29. The van der Waals surface area contributed by atoms with Crippen molar-refractivity contribution in [3.05, 3.63) is 22.7 Å². The molecule has 1 N–H and O–H groups in total. The summed E-state index contributed by atoms with van der Waals surface area (Å²) in [6, 6.07) is 6.57. The largest absolute Gasteiger partial charge is 0.495 e. The molecule has 3 nitrogen and oxygen atoms in total. The Balaban J connectivity index is 2.08. The van der Waals surface area contributed by atoms with Crippen LogP contribution in [-0.4, -0.2) is 38.2 Å². The first-order valence-electron chi connectivity index (χ1n) is 5.97. The summed E-state index contributed by atoms with van der Waals surface area (Å²) in [6.45, 7) is 2.30. The van der Waals surface area contributed by atoms with Crippen LogP contribution in [-0.2, 0) is 0 Å². The van der Waals surface area contributed by atoms with Crippen LogP contribution in [0.2, 0.25) is 0 Å². The predicted octanol–water partition coefficient (Wildman–Crippen LogP) is 2.96. The summed E-state index contributed by atoms with van der Waals surface area (Å²) in [7, 11) is 3.88. The molecule has 0 amide bonds. The molecule has 0 spiro atoms. The van der Waals surface area contributed by atoms with Crippen LogP contribution in [0.25, 0.3) is 0 Å². The van der Waals surface area contributed by atoms with Gasteiger partial charge in [-0.05, 0) is 44.6 Å². The summed E-state index contributed by atoms with van der Waals surface area (Å²) in [6.07, 6.45) is 2.48. The van der Waals surface area contributed by atoms with Crippen LogP contribution in [0, 0.1) is 0 Å². The molecular formula is C13H19BrN2O. The lowest BCUT2D eigenvalue weighted by molar-refractivity contribution is 0.260. The van der Waals surface area contributed by atoms with Crippen molar-refractivity contribution in [3.63, 3.8) is 0 Å². The monoisotopic (exact) mass is 298 g/mol. The first-order chi connectivity index (χ1) is 8.19. The molecule has 1 unspecified atom stereocenters. The van der Waals surface area contributed by atoms with Crippen molar-refractivity contribution in [2.45, 2.75) is 18.9 Å². The molecule has 1 aliphatic rings. The van der Waals surface area contributed by atoms with E-state index in [1.165, 1.54) is 19.4 Å². The van der Waals surface area contributed by atoms with Crippen molar-refractivity contribution in [1.29, 1.82) is 0 Å². The van der Waals surface area contributed by atoms with Gasteiger partial charge in [-0.2, -0.15) is 0 Å². The van der Waals surface area contributed by atoms with E-state index in [0.717, 1.165) is 22.5 Å². The van der Waals surface area contributed by atoms with Gasteiger partial charge in [-0.15, -0.1) is 0 Å². The van der Waals surface area contributed by atoms with Gasteiger partial charge in [0.15, 0.2) is 0 Å². The maximum atomic E-state index is 5.37. The smallest absolute Gasteiger partial charge is 0.142 e. The van der Waals surface area contributed by atoms with Crippen molar-refractivity contribution >= 4 is 21.6 Å². The van der Waals surface area contributed by atoms with Crippen molar-refractivity contribution < 1.29 is 4.74 Å². The number of halogens is 1. The molecule has 0 radical (unpaired) electrons.